The van der Waals surface area contributed by atoms with Crippen LogP contribution in [0.1, 0.15) is 30.0 Å². The van der Waals surface area contributed by atoms with Crippen molar-refractivity contribution in [2.24, 2.45) is 0 Å². The van der Waals surface area contributed by atoms with Gasteiger partial charge in [0.2, 0.25) is 15.9 Å². The van der Waals surface area contributed by atoms with E-state index in [1.807, 2.05) is 32.9 Å². The van der Waals surface area contributed by atoms with E-state index in [4.69, 9.17) is 0 Å². The third-order valence-electron chi connectivity index (χ3n) is 4.55. The standard InChI is InChI=1S/C20H25N3O5S/c1-6-18(20(24)21-19-14(3)10-13(2)11-15(19)4)22(29(5,27)28)16-8-7-9-17(12-16)23(25)26/h7-12,18H,6H2,1-5H3,(H,21,24). The molecule has 0 radical (unpaired) electrons. The second kappa shape index (κ2) is 8.60. The van der Waals surface area contributed by atoms with Crippen LogP contribution in [-0.4, -0.2) is 31.5 Å². The van der Waals surface area contributed by atoms with Crippen LogP contribution in [0.4, 0.5) is 17.1 Å². The normalized spacial score (nSPS) is 12.3. The molecule has 0 saturated heterocycles. The molecule has 2 aromatic rings. The number of aryl methyl sites for hydroxylation is 3. The van der Waals surface area contributed by atoms with Gasteiger partial charge in [-0.1, -0.05) is 30.7 Å². The smallest absolute Gasteiger partial charge is 0.271 e. The topological polar surface area (TPSA) is 110 Å². The molecule has 0 aliphatic carbocycles. The summed E-state index contributed by atoms with van der Waals surface area (Å²) in [6, 6.07) is 8.05. The first kappa shape index (κ1) is 22.4. The lowest BCUT2D eigenvalue weighted by Gasteiger charge is -2.30. The van der Waals surface area contributed by atoms with E-state index in [0.29, 0.717) is 5.69 Å². The highest BCUT2D eigenvalue weighted by Crippen LogP contribution is 2.28. The minimum atomic E-state index is -3.89. The van der Waals surface area contributed by atoms with E-state index in [-0.39, 0.29) is 17.8 Å². The molecule has 0 spiro atoms. The van der Waals surface area contributed by atoms with Gasteiger partial charge in [0.15, 0.2) is 0 Å². The zero-order valence-electron chi connectivity index (χ0n) is 17.1. The minimum Gasteiger partial charge on any atom is -0.324 e. The zero-order chi connectivity index (χ0) is 21.9. The maximum atomic E-state index is 13.1. The Hall–Kier alpha value is -2.94. The van der Waals surface area contributed by atoms with Gasteiger partial charge in [-0.25, -0.2) is 8.42 Å². The average molecular weight is 420 g/mol. The molecule has 1 amide bonds. The molecule has 29 heavy (non-hydrogen) atoms. The fourth-order valence-corrected chi connectivity index (χ4v) is 4.59. The van der Waals surface area contributed by atoms with Gasteiger partial charge in [0.1, 0.15) is 6.04 Å². The molecule has 1 atom stereocenters. The highest BCUT2D eigenvalue weighted by atomic mass is 32.2. The van der Waals surface area contributed by atoms with Gasteiger partial charge in [0, 0.05) is 17.8 Å². The van der Waals surface area contributed by atoms with E-state index in [1.165, 1.54) is 18.2 Å². The summed E-state index contributed by atoms with van der Waals surface area (Å²) in [5, 5.41) is 13.9. The molecule has 1 unspecified atom stereocenters. The molecule has 156 valence electrons. The van der Waals surface area contributed by atoms with Gasteiger partial charge in [0.05, 0.1) is 16.9 Å². The third-order valence-corrected chi connectivity index (χ3v) is 5.73. The number of nitro groups is 1. The lowest BCUT2D eigenvalue weighted by molar-refractivity contribution is -0.384. The largest absolute Gasteiger partial charge is 0.324 e. The Morgan fingerprint density at radius 1 is 1.17 bits per heavy atom. The summed E-state index contributed by atoms with van der Waals surface area (Å²) in [7, 11) is -3.89. The molecule has 1 N–H and O–H groups in total. The summed E-state index contributed by atoms with van der Waals surface area (Å²) < 4.78 is 26.0. The number of sulfonamides is 1. The summed E-state index contributed by atoms with van der Waals surface area (Å²) in [6.45, 7) is 7.37. The SMILES string of the molecule is CCC(C(=O)Nc1c(C)cc(C)cc1C)N(c1cccc([N+](=O)[O-])c1)S(C)(=O)=O. The van der Waals surface area contributed by atoms with Crippen LogP contribution in [0.3, 0.4) is 0 Å². The molecular formula is C20H25N3O5S. The van der Waals surface area contributed by atoms with Gasteiger partial charge in [-0.3, -0.25) is 19.2 Å². The molecule has 8 nitrogen and oxygen atoms in total. The van der Waals surface area contributed by atoms with Crippen molar-refractivity contribution in [3.8, 4) is 0 Å². The molecule has 2 rings (SSSR count). The van der Waals surface area contributed by atoms with E-state index >= 15 is 0 Å². The number of carbonyl (C=O) groups is 1. The highest BCUT2D eigenvalue weighted by Gasteiger charge is 2.32. The van der Waals surface area contributed by atoms with E-state index in [1.54, 1.807) is 6.92 Å². The lowest BCUT2D eigenvalue weighted by atomic mass is 10.0. The molecule has 0 saturated carbocycles. The van der Waals surface area contributed by atoms with E-state index in [0.717, 1.165) is 33.3 Å². The first-order valence-corrected chi connectivity index (χ1v) is 10.9. The average Bonchev–Trinajstić information content (AvgIpc) is 2.61. The fraction of sp³-hybridized carbons (Fsp3) is 0.350. The van der Waals surface area contributed by atoms with Crippen molar-refractivity contribution in [3.63, 3.8) is 0 Å². The Bertz CT molecular complexity index is 1030. The van der Waals surface area contributed by atoms with Crippen LogP contribution in [0.15, 0.2) is 36.4 Å². The number of carbonyl (C=O) groups excluding carboxylic acids is 1. The number of nitrogens with zero attached hydrogens (tertiary/aromatic N) is 2. The quantitative estimate of drug-likeness (QED) is 0.543. The minimum absolute atomic E-state index is 0.0704. The molecule has 0 fully saturated rings. The number of non-ortho nitro benzene ring substituents is 1. The van der Waals surface area contributed by atoms with Crippen molar-refractivity contribution < 1.29 is 18.1 Å². The number of rotatable bonds is 7. The van der Waals surface area contributed by atoms with Gasteiger partial charge in [-0.2, -0.15) is 0 Å². The Labute approximate surface area is 170 Å². The number of benzene rings is 2. The van der Waals surface area contributed by atoms with Crippen LogP contribution in [0.2, 0.25) is 0 Å². The van der Waals surface area contributed by atoms with Crippen LogP contribution in [0, 0.1) is 30.9 Å². The number of amides is 1. The van der Waals surface area contributed by atoms with Crippen molar-refractivity contribution in [1.29, 1.82) is 0 Å². The molecular weight excluding hydrogens is 394 g/mol. The number of hydrogen-bond donors (Lipinski definition) is 1. The molecule has 0 aromatic heterocycles. The van der Waals surface area contributed by atoms with Crippen LogP contribution >= 0.6 is 0 Å². The molecule has 0 aliphatic heterocycles. The maximum Gasteiger partial charge on any atom is 0.271 e. The van der Waals surface area contributed by atoms with E-state index in [9.17, 15) is 23.3 Å². The van der Waals surface area contributed by atoms with Crippen LogP contribution < -0.4 is 9.62 Å². The second-order valence-electron chi connectivity index (χ2n) is 7.02. The summed E-state index contributed by atoms with van der Waals surface area (Å²) in [6.07, 6.45) is 1.16. The number of anilines is 2. The summed E-state index contributed by atoms with van der Waals surface area (Å²) in [4.78, 5) is 23.6. The van der Waals surface area contributed by atoms with Gasteiger partial charge < -0.3 is 5.32 Å². The van der Waals surface area contributed by atoms with Gasteiger partial charge >= 0.3 is 0 Å². The highest BCUT2D eigenvalue weighted by molar-refractivity contribution is 7.92. The first-order valence-electron chi connectivity index (χ1n) is 9.08. The monoisotopic (exact) mass is 419 g/mol. The zero-order valence-corrected chi connectivity index (χ0v) is 17.9. The predicted molar refractivity (Wildman–Crippen MR) is 114 cm³/mol. The third kappa shape index (κ3) is 5.11. The van der Waals surface area contributed by atoms with Gasteiger partial charge in [0.25, 0.3) is 5.69 Å². The molecule has 0 aliphatic rings. The summed E-state index contributed by atoms with van der Waals surface area (Å²) >= 11 is 0. The number of nitro benzene ring substituents is 1. The lowest BCUT2D eigenvalue weighted by Crippen LogP contribution is -2.47. The van der Waals surface area contributed by atoms with Crippen LogP contribution in [0.25, 0.3) is 0 Å². The molecule has 2 aromatic carbocycles. The summed E-state index contributed by atoms with van der Waals surface area (Å²) in [5.41, 5.74) is 3.24. The Kier molecular flexibility index (Phi) is 6.63. The molecule has 9 heteroatoms. The van der Waals surface area contributed by atoms with Crippen molar-refractivity contribution in [3.05, 3.63) is 63.2 Å². The van der Waals surface area contributed by atoms with Crippen molar-refractivity contribution in [2.75, 3.05) is 15.9 Å². The molecule has 0 bridgehead atoms. The number of nitrogens with one attached hydrogen (secondary N) is 1. The predicted octanol–water partition coefficient (Wildman–Crippen LogP) is 3.70. The van der Waals surface area contributed by atoms with Crippen LogP contribution in [-0.2, 0) is 14.8 Å². The fourth-order valence-electron chi connectivity index (χ4n) is 3.39. The van der Waals surface area contributed by atoms with Gasteiger partial charge in [-0.15, -0.1) is 0 Å². The Morgan fingerprint density at radius 2 is 1.76 bits per heavy atom. The first-order chi connectivity index (χ1) is 13.5. The van der Waals surface area contributed by atoms with Crippen molar-refractivity contribution >= 4 is 33.0 Å². The van der Waals surface area contributed by atoms with E-state index < -0.39 is 26.9 Å². The Morgan fingerprint density at radius 3 is 2.24 bits per heavy atom. The van der Waals surface area contributed by atoms with Crippen molar-refractivity contribution in [2.45, 2.75) is 40.2 Å². The second-order valence-corrected chi connectivity index (χ2v) is 8.88. The summed E-state index contributed by atoms with van der Waals surface area (Å²) in [5.74, 6) is -0.500. The van der Waals surface area contributed by atoms with E-state index in [2.05, 4.69) is 5.32 Å². The van der Waals surface area contributed by atoms with Crippen LogP contribution in [0.5, 0.6) is 0 Å². The van der Waals surface area contributed by atoms with Gasteiger partial charge in [-0.05, 0) is 44.4 Å². The number of hydrogen-bond acceptors (Lipinski definition) is 5. The van der Waals surface area contributed by atoms with Crippen molar-refractivity contribution in [1.82, 2.24) is 0 Å². The Balaban J connectivity index is 2.48. The molecule has 0 heterocycles. The maximum absolute atomic E-state index is 13.1.